The summed E-state index contributed by atoms with van der Waals surface area (Å²) < 4.78 is 35.3. The van der Waals surface area contributed by atoms with E-state index in [2.05, 4.69) is 25.3 Å². The normalized spacial score (nSPS) is 30.7. The number of carbonyl (C=O) groups is 2. The average Bonchev–Trinajstić information content (AvgIpc) is 3.41. The van der Waals surface area contributed by atoms with Crippen LogP contribution in [-0.2, 0) is 24.3 Å². The molecule has 4 fully saturated rings. The van der Waals surface area contributed by atoms with Gasteiger partial charge in [0.05, 0.1) is 19.3 Å². The number of aliphatic hydroxyl groups is 1. The molecule has 4 aliphatic heterocycles. The topological polar surface area (TPSA) is 173 Å². The van der Waals surface area contributed by atoms with Crippen molar-refractivity contribution in [3.05, 3.63) is 0 Å². The van der Waals surface area contributed by atoms with Crippen molar-refractivity contribution >= 4 is 22.3 Å². The molecule has 0 aromatic heterocycles. The smallest absolute Gasteiger partial charge is 0.395 e. The average molecular weight is 535 g/mol. The van der Waals surface area contributed by atoms with Gasteiger partial charge in [-0.2, -0.15) is 13.5 Å². The first-order chi connectivity index (χ1) is 17.1. The third-order valence-electron chi connectivity index (χ3n) is 7.65. The number of hydroxylamine groups is 3. The third kappa shape index (κ3) is 6.83. The summed E-state index contributed by atoms with van der Waals surface area (Å²) in [6.07, 6.45) is 3.85. The molecule has 0 radical (unpaired) electrons. The zero-order valence-corrected chi connectivity index (χ0v) is 21.4. The van der Waals surface area contributed by atoms with Crippen LogP contribution in [0.1, 0.15) is 39.0 Å². The van der Waals surface area contributed by atoms with Crippen molar-refractivity contribution in [3.8, 4) is 0 Å². The lowest BCUT2D eigenvalue weighted by atomic mass is 9.95. The van der Waals surface area contributed by atoms with Crippen LogP contribution < -0.4 is 16.1 Å². The predicted molar refractivity (Wildman–Crippen MR) is 127 cm³/mol. The molecule has 4 saturated heterocycles. The van der Waals surface area contributed by atoms with Gasteiger partial charge in [-0.25, -0.2) is 10.3 Å². The Morgan fingerprint density at radius 2 is 1.97 bits per heavy atom. The van der Waals surface area contributed by atoms with Crippen molar-refractivity contribution in [3.63, 3.8) is 0 Å². The van der Waals surface area contributed by atoms with Crippen molar-refractivity contribution in [1.29, 1.82) is 0 Å². The minimum atomic E-state index is -4.83. The molecule has 5 N–H and O–H groups in total. The number of piperidine rings is 2. The van der Waals surface area contributed by atoms with E-state index in [0.29, 0.717) is 36.5 Å². The van der Waals surface area contributed by atoms with Crippen molar-refractivity contribution in [2.75, 3.05) is 45.9 Å². The van der Waals surface area contributed by atoms with Crippen molar-refractivity contribution in [2.45, 2.75) is 69.2 Å². The van der Waals surface area contributed by atoms with Crippen molar-refractivity contribution in [2.24, 2.45) is 5.92 Å². The summed E-state index contributed by atoms with van der Waals surface area (Å²) in [5.74, 6) is 0.152. The zero-order valence-electron chi connectivity index (χ0n) is 20.5. The van der Waals surface area contributed by atoms with Gasteiger partial charge in [0.1, 0.15) is 6.04 Å². The van der Waals surface area contributed by atoms with E-state index in [1.165, 1.54) is 4.90 Å². The van der Waals surface area contributed by atoms with Crippen LogP contribution in [0, 0.1) is 5.92 Å². The number of hydrogen-bond donors (Lipinski definition) is 5. The molecule has 0 aliphatic carbocycles. The molecule has 206 valence electrons. The Labute approximate surface area is 211 Å². The largest absolute Gasteiger partial charge is 0.418 e. The SMILES string of the molecule is CC(CO)NCC1CCN([C@@H]2CN[C@@H](CONC(=O)[C@@H]3CC[C@@H]4CN3C(=O)N4OS(=O)(=O)O)C2)CC1. The summed E-state index contributed by atoms with van der Waals surface area (Å²) >= 11 is 0. The maximum atomic E-state index is 12.6. The standard InChI is InChI=1S/C21H38N6O8S/c1-14(12-28)22-9-15-4-6-25(7-5-15)18-8-16(23-10-18)13-34-24-20(29)19-3-2-17-11-26(19)21(30)27(17)35-36(31,32)33/h14-19,22-23,28H,2-13H2,1H3,(H,24,29)(H,31,32,33)/t14?,16-,17-,18+,19+/m1/s1. The highest BCUT2D eigenvalue weighted by Crippen LogP contribution is 2.30. The molecular weight excluding hydrogens is 496 g/mol. The van der Waals surface area contributed by atoms with E-state index in [4.69, 9.17) is 14.5 Å². The van der Waals surface area contributed by atoms with Gasteiger partial charge in [-0.05, 0) is 64.6 Å². The Morgan fingerprint density at radius 1 is 1.22 bits per heavy atom. The van der Waals surface area contributed by atoms with E-state index in [9.17, 15) is 18.0 Å². The number of urea groups is 1. The first-order valence-corrected chi connectivity index (χ1v) is 14.0. The van der Waals surface area contributed by atoms with Gasteiger partial charge in [-0.15, -0.1) is 4.28 Å². The van der Waals surface area contributed by atoms with Crippen LogP contribution in [0.25, 0.3) is 0 Å². The van der Waals surface area contributed by atoms with Crippen LogP contribution in [0.2, 0.25) is 0 Å². The van der Waals surface area contributed by atoms with Gasteiger partial charge in [-0.3, -0.25) is 19.1 Å². The first-order valence-electron chi connectivity index (χ1n) is 12.6. The summed E-state index contributed by atoms with van der Waals surface area (Å²) in [6, 6.07) is -1.48. The second kappa shape index (κ2) is 11.9. The lowest BCUT2D eigenvalue weighted by Gasteiger charge is -2.36. The molecule has 2 bridgehead atoms. The van der Waals surface area contributed by atoms with Gasteiger partial charge >= 0.3 is 16.4 Å². The Morgan fingerprint density at radius 3 is 2.67 bits per heavy atom. The third-order valence-corrected chi connectivity index (χ3v) is 8.00. The summed E-state index contributed by atoms with van der Waals surface area (Å²) in [5, 5.41) is 16.6. The van der Waals surface area contributed by atoms with Crippen LogP contribution in [0.5, 0.6) is 0 Å². The van der Waals surface area contributed by atoms with Gasteiger partial charge < -0.3 is 20.6 Å². The minimum absolute atomic E-state index is 0.0999. The van der Waals surface area contributed by atoms with Gasteiger partial charge in [0.15, 0.2) is 0 Å². The summed E-state index contributed by atoms with van der Waals surface area (Å²) in [6.45, 7) is 6.44. The van der Waals surface area contributed by atoms with Gasteiger partial charge in [-0.1, -0.05) is 0 Å². The quantitative estimate of drug-likeness (QED) is 0.153. The van der Waals surface area contributed by atoms with Crippen LogP contribution >= 0.6 is 0 Å². The van der Waals surface area contributed by atoms with E-state index in [1.54, 1.807) is 0 Å². The van der Waals surface area contributed by atoms with Gasteiger partial charge in [0.25, 0.3) is 5.91 Å². The monoisotopic (exact) mass is 534 g/mol. The molecule has 36 heavy (non-hydrogen) atoms. The summed E-state index contributed by atoms with van der Waals surface area (Å²) in [4.78, 5) is 34.3. The fraction of sp³-hybridized carbons (Fsp3) is 0.905. The van der Waals surface area contributed by atoms with Gasteiger partial charge in [0.2, 0.25) is 0 Å². The van der Waals surface area contributed by atoms with Crippen LogP contribution in [0.4, 0.5) is 4.79 Å². The maximum Gasteiger partial charge on any atom is 0.418 e. The fourth-order valence-electron chi connectivity index (χ4n) is 5.54. The van der Waals surface area contributed by atoms with E-state index in [0.717, 1.165) is 45.4 Å². The van der Waals surface area contributed by atoms with E-state index < -0.39 is 34.4 Å². The molecule has 15 heteroatoms. The molecule has 0 spiro atoms. The molecule has 5 atom stereocenters. The Bertz CT molecular complexity index is 886. The molecule has 0 saturated carbocycles. The number of carbonyl (C=O) groups excluding carboxylic acids is 2. The molecule has 14 nitrogen and oxygen atoms in total. The number of hydrogen-bond acceptors (Lipinski definition) is 10. The highest BCUT2D eigenvalue weighted by Gasteiger charge is 2.49. The van der Waals surface area contributed by atoms with Crippen LogP contribution in [0.3, 0.4) is 0 Å². The number of nitrogens with one attached hydrogen (secondary N) is 3. The fourth-order valence-corrected chi connectivity index (χ4v) is 5.93. The molecule has 4 heterocycles. The molecule has 0 aromatic rings. The number of likely N-dealkylation sites (tertiary alicyclic amines) is 1. The molecule has 4 aliphatic rings. The highest BCUT2D eigenvalue weighted by atomic mass is 32.3. The number of fused-ring (bicyclic) bond motifs is 2. The van der Waals surface area contributed by atoms with E-state index in [1.807, 2.05) is 6.92 Å². The number of rotatable bonds is 11. The Kier molecular flexibility index (Phi) is 9.04. The Hall–Kier alpha value is -1.59. The molecular formula is C21H38N6O8S. The lowest BCUT2D eigenvalue weighted by molar-refractivity contribution is -0.139. The van der Waals surface area contributed by atoms with Crippen molar-refractivity contribution in [1.82, 2.24) is 31.0 Å². The minimum Gasteiger partial charge on any atom is -0.395 e. The summed E-state index contributed by atoms with van der Waals surface area (Å²) in [7, 11) is -4.83. The van der Waals surface area contributed by atoms with Gasteiger partial charge in [0, 0.05) is 31.2 Å². The number of aliphatic hydroxyl groups excluding tert-OH is 1. The maximum absolute atomic E-state index is 12.6. The first kappa shape index (κ1) is 27.4. The predicted octanol–water partition coefficient (Wildman–Crippen LogP) is -1.55. The van der Waals surface area contributed by atoms with E-state index in [-0.39, 0.29) is 25.2 Å². The number of amides is 3. The second-order valence-electron chi connectivity index (χ2n) is 10.3. The summed E-state index contributed by atoms with van der Waals surface area (Å²) in [5.41, 5.74) is 2.44. The molecule has 1 unspecified atom stereocenters. The Balaban J connectivity index is 1.15. The zero-order chi connectivity index (χ0) is 25.9. The van der Waals surface area contributed by atoms with Crippen LogP contribution in [0.15, 0.2) is 0 Å². The molecule has 3 amide bonds. The van der Waals surface area contributed by atoms with Crippen LogP contribution in [-0.4, -0.2) is 121 Å². The lowest BCUT2D eigenvalue weighted by Crippen LogP contribution is -2.50. The molecule has 4 rings (SSSR count). The highest BCUT2D eigenvalue weighted by molar-refractivity contribution is 7.80. The number of nitrogens with zero attached hydrogens (tertiary/aromatic N) is 3. The van der Waals surface area contributed by atoms with Crippen molar-refractivity contribution < 1.29 is 36.8 Å². The van der Waals surface area contributed by atoms with E-state index >= 15 is 0 Å². The molecule has 0 aromatic carbocycles. The second-order valence-corrected chi connectivity index (χ2v) is 11.3.